The van der Waals surface area contributed by atoms with Crippen molar-refractivity contribution in [3.8, 4) is 11.1 Å². The van der Waals surface area contributed by atoms with Gasteiger partial charge < -0.3 is 0 Å². The van der Waals surface area contributed by atoms with E-state index in [1.165, 1.54) is 89.0 Å². The van der Waals surface area contributed by atoms with E-state index in [0.717, 1.165) is 25.7 Å². The van der Waals surface area contributed by atoms with E-state index < -0.39 is 0 Å². The molecule has 8 aromatic carbocycles. The van der Waals surface area contributed by atoms with Crippen molar-refractivity contribution in [1.82, 2.24) is 0 Å². The highest BCUT2D eigenvalue weighted by Crippen LogP contribution is 2.36. The van der Waals surface area contributed by atoms with Gasteiger partial charge in [0.25, 0.3) is 0 Å². The van der Waals surface area contributed by atoms with Gasteiger partial charge in [-0.1, -0.05) is 187 Å². The molecular formula is C50H44P2. The second-order valence-corrected chi connectivity index (χ2v) is 16.5. The van der Waals surface area contributed by atoms with E-state index in [0.29, 0.717) is 17.2 Å². The molecule has 8 rings (SSSR count). The van der Waals surface area contributed by atoms with E-state index in [2.05, 4.69) is 182 Å². The summed E-state index contributed by atoms with van der Waals surface area (Å²) in [4.78, 5) is 0. The zero-order valence-corrected chi connectivity index (χ0v) is 31.6. The number of hydrogen-bond donors (Lipinski definition) is 0. The summed E-state index contributed by atoms with van der Waals surface area (Å²) >= 11 is 0. The number of aryl methyl sites for hydroxylation is 4. The molecule has 0 aromatic heterocycles. The van der Waals surface area contributed by atoms with Crippen LogP contribution in [0.1, 0.15) is 35.1 Å². The summed E-state index contributed by atoms with van der Waals surface area (Å²) < 4.78 is 0. The highest BCUT2D eigenvalue weighted by molar-refractivity contribution is 7.56. The molecule has 2 heteroatoms. The summed E-state index contributed by atoms with van der Waals surface area (Å²) in [6.07, 6.45) is 6.81. The molecule has 0 fully saturated rings. The van der Waals surface area contributed by atoms with Crippen molar-refractivity contribution in [2.24, 2.45) is 0 Å². The number of hydrogen-bond acceptors (Lipinski definition) is 0. The molecule has 0 N–H and O–H groups in total. The first-order valence-electron chi connectivity index (χ1n) is 18.6. The highest BCUT2D eigenvalue weighted by Gasteiger charge is 2.15. The minimum absolute atomic E-state index is 0.573. The van der Waals surface area contributed by atoms with Gasteiger partial charge >= 0.3 is 0 Å². The lowest BCUT2D eigenvalue weighted by molar-refractivity contribution is 0.821. The molecule has 0 radical (unpaired) electrons. The van der Waals surface area contributed by atoms with Gasteiger partial charge in [-0.3, -0.25) is 0 Å². The van der Waals surface area contributed by atoms with Crippen molar-refractivity contribution >= 4 is 59.9 Å². The molecule has 254 valence electrons. The molecule has 0 aliphatic carbocycles. The van der Waals surface area contributed by atoms with Crippen LogP contribution in [0.5, 0.6) is 0 Å². The zero-order chi connectivity index (χ0) is 35.0. The molecule has 0 heterocycles. The van der Waals surface area contributed by atoms with Gasteiger partial charge in [-0.15, -0.1) is 0 Å². The maximum atomic E-state index is 2.49. The molecule has 0 nitrogen and oxygen atoms in total. The average Bonchev–Trinajstić information content (AvgIpc) is 3.20. The molecule has 0 spiro atoms. The number of fused-ring (bicyclic) bond motifs is 2. The van der Waals surface area contributed by atoms with Crippen LogP contribution < -0.4 is 21.2 Å². The molecular weight excluding hydrogens is 662 g/mol. The Morgan fingerprint density at radius 2 is 0.808 bits per heavy atom. The van der Waals surface area contributed by atoms with Crippen molar-refractivity contribution in [3.63, 3.8) is 0 Å². The molecule has 0 saturated heterocycles. The second kappa shape index (κ2) is 16.7. The summed E-state index contributed by atoms with van der Waals surface area (Å²) in [6, 6.07) is 67.9. The van der Waals surface area contributed by atoms with Crippen LogP contribution in [0.4, 0.5) is 0 Å². The standard InChI is InChI=1S/C50H44P2/c1-3-13-37(14-4-1)17-11-19-39-25-30-43(31-26-39)51-45-35-42-22-8-9-23-46(42)48(36-45)50-47-24-10-7-21-41(47)29-34-49(50)52-44-32-27-40(28-33-44)20-12-18-38-15-5-2-6-16-38/h1-10,13-16,21-36,51-52H,11-12,17-20H2. The molecule has 0 amide bonds. The molecule has 2 atom stereocenters. The van der Waals surface area contributed by atoms with E-state index in [-0.39, 0.29) is 0 Å². The number of rotatable bonds is 13. The Labute approximate surface area is 312 Å². The van der Waals surface area contributed by atoms with Crippen LogP contribution in [0.3, 0.4) is 0 Å². The van der Waals surface area contributed by atoms with Crippen molar-refractivity contribution < 1.29 is 0 Å². The fourth-order valence-corrected chi connectivity index (χ4v) is 9.69. The molecule has 0 saturated carbocycles. The maximum Gasteiger partial charge on any atom is -0.00212 e. The molecule has 52 heavy (non-hydrogen) atoms. The molecule has 2 unspecified atom stereocenters. The third kappa shape index (κ3) is 8.43. The van der Waals surface area contributed by atoms with Crippen molar-refractivity contribution in [2.45, 2.75) is 38.5 Å². The highest BCUT2D eigenvalue weighted by atomic mass is 31.1. The van der Waals surface area contributed by atoms with Crippen LogP contribution in [-0.2, 0) is 25.7 Å². The third-order valence-electron chi connectivity index (χ3n) is 10.1. The van der Waals surface area contributed by atoms with Gasteiger partial charge in [-0.25, -0.2) is 0 Å². The fourth-order valence-electron chi connectivity index (χ4n) is 7.37. The summed E-state index contributed by atoms with van der Waals surface area (Å²) in [7, 11) is 1.17. The van der Waals surface area contributed by atoms with E-state index in [9.17, 15) is 0 Å². The van der Waals surface area contributed by atoms with Gasteiger partial charge in [0.2, 0.25) is 0 Å². The van der Waals surface area contributed by atoms with Crippen LogP contribution in [0.25, 0.3) is 32.7 Å². The summed E-state index contributed by atoms with van der Waals surface area (Å²) in [6.45, 7) is 0. The fraction of sp³-hybridized carbons (Fsp3) is 0.120. The number of benzene rings is 8. The Bertz CT molecular complexity index is 2380. The third-order valence-corrected chi connectivity index (χ3v) is 12.6. The van der Waals surface area contributed by atoms with Gasteiger partial charge in [0.15, 0.2) is 0 Å². The first-order valence-corrected chi connectivity index (χ1v) is 20.6. The maximum absolute atomic E-state index is 2.49. The average molecular weight is 707 g/mol. The largest absolute Gasteiger partial charge is 0.0622 e. The van der Waals surface area contributed by atoms with E-state index >= 15 is 0 Å². The Kier molecular flexibility index (Phi) is 11.0. The SMILES string of the molecule is c1ccc(CCCc2ccc(Pc3cc(-c4c(Pc5ccc(CCCc6ccccc6)cc5)ccc5ccccc45)c4ccccc4c3)cc2)cc1. The Morgan fingerprint density at radius 1 is 0.327 bits per heavy atom. The monoisotopic (exact) mass is 706 g/mol. The van der Waals surface area contributed by atoms with Crippen molar-refractivity contribution in [3.05, 3.63) is 204 Å². The predicted octanol–water partition coefficient (Wildman–Crippen LogP) is 11.3. The molecule has 0 aliphatic rings. The van der Waals surface area contributed by atoms with E-state index in [1.807, 2.05) is 0 Å². The molecule has 0 aliphatic heterocycles. The first kappa shape index (κ1) is 34.2. The van der Waals surface area contributed by atoms with Gasteiger partial charge in [-0.05, 0) is 127 Å². The van der Waals surface area contributed by atoms with Crippen LogP contribution in [0.2, 0.25) is 0 Å². The predicted molar refractivity (Wildman–Crippen MR) is 232 cm³/mol. The Balaban J connectivity index is 1.05. The summed E-state index contributed by atoms with van der Waals surface area (Å²) in [5.41, 5.74) is 8.40. The topological polar surface area (TPSA) is 0 Å². The van der Waals surface area contributed by atoms with Crippen LogP contribution in [-0.4, -0.2) is 0 Å². The van der Waals surface area contributed by atoms with Gasteiger partial charge in [0.05, 0.1) is 0 Å². The second-order valence-electron chi connectivity index (χ2n) is 13.8. The molecule has 0 bridgehead atoms. The lowest BCUT2D eigenvalue weighted by Gasteiger charge is -2.18. The van der Waals surface area contributed by atoms with Gasteiger partial charge in [0.1, 0.15) is 0 Å². The van der Waals surface area contributed by atoms with Crippen LogP contribution >= 0.6 is 17.2 Å². The van der Waals surface area contributed by atoms with Crippen molar-refractivity contribution in [1.29, 1.82) is 0 Å². The minimum Gasteiger partial charge on any atom is -0.0622 e. The Hall–Kier alpha value is -4.86. The summed E-state index contributed by atoms with van der Waals surface area (Å²) in [5, 5.41) is 10.8. The van der Waals surface area contributed by atoms with E-state index in [4.69, 9.17) is 0 Å². The first-order chi connectivity index (χ1) is 25.7. The van der Waals surface area contributed by atoms with E-state index in [1.54, 1.807) is 0 Å². The molecule has 8 aromatic rings. The van der Waals surface area contributed by atoms with Gasteiger partial charge in [-0.2, -0.15) is 0 Å². The quantitative estimate of drug-likeness (QED) is 0.105. The lowest BCUT2D eigenvalue weighted by Crippen LogP contribution is -2.10. The summed E-state index contributed by atoms with van der Waals surface area (Å²) in [5.74, 6) is 0. The van der Waals surface area contributed by atoms with Crippen LogP contribution in [0.15, 0.2) is 182 Å². The zero-order valence-electron chi connectivity index (χ0n) is 29.6. The van der Waals surface area contributed by atoms with Crippen molar-refractivity contribution in [2.75, 3.05) is 0 Å². The minimum atomic E-state index is 0.573. The van der Waals surface area contributed by atoms with Gasteiger partial charge in [0, 0.05) is 0 Å². The Morgan fingerprint density at radius 3 is 1.40 bits per heavy atom. The smallest absolute Gasteiger partial charge is 0.00212 e. The normalized spacial score (nSPS) is 11.8. The van der Waals surface area contributed by atoms with Crippen LogP contribution in [0, 0.1) is 0 Å². The lowest BCUT2D eigenvalue weighted by atomic mass is 9.94.